The summed E-state index contributed by atoms with van der Waals surface area (Å²) < 4.78 is 0. The van der Waals surface area contributed by atoms with E-state index in [-0.39, 0.29) is 5.69 Å². The molecule has 2 aliphatic rings. The van der Waals surface area contributed by atoms with Crippen LogP contribution in [0, 0.1) is 0 Å². The summed E-state index contributed by atoms with van der Waals surface area (Å²) in [5.41, 5.74) is 2.06. The summed E-state index contributed by atoms with van der Waals surface area (Å²) in [4.78, 5) is 20.1. The fourth-order valence-electron chi connectivity index (χ4n) is 2.12. The van der Waals surface area contributed by atoms with Crippen molar-refractivity contribution in [1.29, 1.82) is 0 Å². The quantitative estimate of drug-likeness (QED) is 0.694. The maximum absolute atomic E-state index is 11.0. The van der Waals surface area contributed by atoms with Crippen LogP contribution >= 0.6 is 0 Å². The van der Waals surface area contributed by atoms with Crippen molar-refractivity contribution in [1.82, 2.24) is 14.9 Å². The van der Waals surface area contributed by atoms with Crippen LogP contribution in [0.5, 0.6) is 0 Å². The van der Waals surface area contributed by atoms with E-state index in [4.69, 9.17) is 0 Å². The number of hydrogen-bond donors (Lipinski definition) is 1. The van der Waals surface area contributed by atoms with E-state index in [0.717, 1.165) is 31.2 Å². The van der Waals surface area contributed by atoms with Crippen LogP contribution in [0.15, 0.2) is 11.0 Å². The van der Waals surface area contributed by atoms with Crippen LogP contribution in [-0.2, 0) is 13.0 Å². The van der Waals surface area contributed by atoms with Gasteiger partial charge in [-0.1, -0.05) is 0 Å². The minimum atomic E-state index is -0.219. The maximum Gasteiger partial charge on any atom is 0.345 e. The summed E-state index contributed by atoms with van der Waals surface area (Å²) in [6.07, 6.45) is 5.37. The predicted molar refractivity (Wildman–Crippen MR) is 52.0 cm³/mol. The summed E-state index contributed by atoms with van der Waals surface area (Å²) in [5, 5.41) is 0. The van der Waals surface area contributed by atoms with Crippen LogP contribution in [0.2, 0.25) is 0 Å². The van der Waals surface area contributed by atoms with Crippen LogP contribution in [-0.4, -0.2) is 27.5 Å². The van der Waals surface area contributed by atoms with Crippen LogP contribution in [0.25, 0.3) is 0 Å². The first-order chi connectivity index (χ1) is 6.83. The van der Waals surface area contributed by atoms with E-state index in [1.54, 1.807) is 6.20 Å². The van der Waals surface area contributed by atoms with Crippen molar-refractivity contribution < 1.29 is 0 Å². The summed E-state index contributed by atoms with van der Waals surface area (Å²) in [6.45, 7) is 2.04. The van der Waals surface area contributed by atoms with E-state index in [0.29, 0.717) is 0 Å². The number of rotatable bonds is 1. The molecule has 1 aliphatic heterocycles. The van der Waals surface area contributed by atoms with Gasteiger partial charge in [0.15, 0.2) is 0 Å². The van der Waals surface area contributed by atoms with E-state index in [1.165, 1.54) is 18.4 Å². The van der Waals surface area contributed by atoms with E-state index in [1.807, 2.05) is 0 Å². The minimum Gasteiger partial charge on any atom is -0.309 e. The van der Waals surface area contributed by atoms with Crippen molar-refractivity contribution in [3.63, 3.8) is 0 Å². The molecule has 0 radical (unpaired) electrons. The summed E-state index contributed by atoms with van der Waals surface area (Å²) >= 11 is 0. The Hall–Kier alpha value is -1.16. The Morgan fingerprint density at radius 3 is 3.14 bits per heavy atom. The molecule has 0 unspecified atom stereocenters. The van der Waals surface area contributed by atoms with Crippen molar-refractivity contribution in [2.24, 2.45) is 0 Å². The normalized spacial score (nSPS) is 22.0. The number of aromatic amines is 1. The van der Waals surface area contributed by atoms with E-state index < -0.39 is 0 Å². The van der Waals surface area contributed by atoms with Gasteiger partial charge < -0.3 is 4.98 Å². The first-order valence-electron chi connectivity index (χ1n) is 5.14. The Balaban J connectivity index is 1.90. The molecular formula is C10H13N3O. The van der Waals surface area contributed by atoms with Crippen LogP contribution in [0.3, 0.4) is 0 Å². The van der Waals surface area contributed by atoms with Gasteiger partial charge in [-0.2, -0.15) is 0 Å². The van der Waals surface area contributed by atoms with Gasteiger partial charge in [-0.3, -0.25) is 4.90 Å². The van der Waals surface area contributed by atoms with Gasteiger partial charge in [-0.25, -0.2) is 9.78 Å². The fourth-order valence-corrected chi connectivity index (χ4v) is 2.12. The Bertz CT molecular complexity index is 408. The molecule has 1 fully saturated rings. The molecule has 1 aliphatic carbocycles. The number of H-pyrrole nitrogens is 1. The Labute approximate surface area is 82.0 Å². The average Bonchev–Trinajstić information content (AvgIpc) is 3.00. The minimum absolute atomic E-state index is 0.219. The Morgan fingerprint density at radius 2 is 2.36 bits per heavy atom. The zero-order chi connectivity index (χ0) is 9.54. The molecule has 0 bridgehead atoms. The lowest BCUT2D eigenvalue weighted by Gasteiger charge is -2.27. The third-order valence-corrected chi connectivity index (χ3v) is 3.07. The lowest BCUT2D eigenvalue weighted by atomic mass is 10.1. The third-order valence-electron chi connectivity index (χ3n) is 3.07. The van der Waals surface area contributed by atoms with Crippen LogP contribution < -0.4 is 5.69 Å². The third kappa shape index (κ3) is 1.35. The Morgan fingerprint density at radius 1 is 1.50 bits per heavy atom. The van der Waals surface area contributed by atoms with Gasteiger partial charge in [0.1, 0.15) is 0 Å². The number of nitrogens with zero attached hydrogens (tertiary/aromatic N) is 2. The maximum atomic E-state index is 11.0. The second kappa shape index (κ2) is 2.92. The summed E-state index contributed by atoms with van der Waals surface area (Å²) in [6, 6.07) is 0.801. The molecule has 4 heteroatoms. The molecule has 74 valence electrons. The van der Waals surface area contributed by atoms with Crippen molar-refractivity contribution in [3.8, 4) is 0 Å². The fraction of sp³-hybridized carbons (Fsp3) is 0.600. The molecule has 0 atom stereocenters. The highest BCUT2D eigenvalue weighted by Crippen LogP contribution is 2.30. The molecule has 0 amide bonds. The van der Waals surface area contributed by atoms with E-state index in [9.17, 15) is 4.79 Å². The van der Waals surface area contributed by atoms with Gasteiger partial charge in [0.05, 0.1) is 0 Å². The lowest BCUT2D eigenvalue weighted by Crippen LogP contribution is -2.34. The van der Waals surface area contributed by atoms with E-state index >= 15 is 0 Å². The highest BCUT2D eigenvalue weighted by molar-refractivity contribution is 5.19. The number of hydrogen-bond acceptors (Lipinski definition) is 3. The van der Waals surface area contributed by atoms with Gasteiger partial charge in [0.2, 0.25) is 0 Å². The van der Waals surface area contributed by atoms with Crippen molar-refractivity contribution >= 4 is 0 Å². The topological polar surface area (TPSA) is 49.0 Å². The standard InChI is InChI=1S/C10H13N3O/c14-10-11-5-7-6-13(8-1-2-8)4-3-9(7)12-10/h5,8H,1-4,6H2,(H,11,12,14). The van der Waals surface area contributed by atoms with E-state index in [2.05, 4.69) is 14.9 Å². The van der Waals surface area contributed by atoms with Gasteiger partial charge in [-0.15, -0.1) is 0 Å². The van der Waals surface area contributed by atoms with Crippen LogP contribution in [0.1, 0.15) is 24.1 Å². The monoisotopic (exact) mass is 191 g/mol. The molecule has 4 nitrogen and oxygen atoms in total. The summed E-state index contributed by atoms with van der Waals surface area (Å²) in [5.74, 6) is 0. The largest absolute Gasteiger partial charge is 0.345 e. The SMILES string of the molecule is O=c1ncc2c([nH]1)CCN(C1CC1)C2. The second-order valence-corrected chi connectivity index (χ2v) is 4.14. The molecule has 0 aromatic carbocycles. The van der Waals surface area contributed by atoms with Crippen molar-refractivity contribution in [2.45, 2.75) is 31.8 Å². The van der Waals surface area contributed by atoms with Crippen molar-refractivity contribution in [2.75, 3.05) is 6.54 Å². The highest BCUT2D eigenvalue weighted by Gasteiger charge is 2.31. The first kappa shape index (κ1) is 8.17. The molecule has 3 rings (SSSR count). The molecule has 0 saturated heterocycles. The summed E-state index contributed by atoms with van der Waals surface area (Å²) in [7, 11) is 0. The number of nitrogens with one attached hydrogen (secondary N) is 1. The first-order valence-corrected chi connectivity index (χ1v) is 5.14. The van der Waals surface area contributed by atoms with Crippen LogP contribution in [0.4, 0.5) is 0 Å². The lowest BCUT2D eigenvalue weighted by molar-refractivity contribution is 0.241. The molecule has 2 heterocycles. The Kier molecular flexibility index (Phi) is 1.70. The van der Waals surface area contributed by atoms with Gasteiger partial charge >= 0.3 is 5.69 Å². The molecule has 0 spiro atoms. The highest BCUT2D eigenvalue weighted by atomic mass is 16.1. The molecule has 1 aromatic heterocycles. The molecular weight excluding hydrogens is 178 g/mol. The number of aromatic nitrogens is 2. The molecule has 14 heavy (non-hydrogen) atoms. The second-order valence-electron chi connectivity index (χ2n) is 4.14. The zero-order valence-electron chi connectivity index (χ0n) is 7.99. The van der Waals surface area contributed by atoms with Crippen molar-refractivity contribution in [3.05, 3.63) is 27.9 Å². The van der Waals surface area contributed by atoms with Gasteiger partial charge in [0.25, 0.3) is 0 Å². The predicted octanol–water partition coefficient (Wildman–Crippen LogP) is 0.290. The zero-order valence-corrected chi connectivity index (χ0v) is 7.99. The number of fused-ring (bicyclic) bond motifs is 1. The van der Waals surface area contributed by atoms with Gasteiger partial charge in [-0.05, 0) is 12.8 Å². The van der Waals surface area contributed by atoms with Gasteiger partial charge in [0, 0.05) is 43.0 Å². The molecule has 1 aromatic rings. The smallest absolute Gasteiger partial charge is 0.309 e. The average molecular weight is 191 g/mol. The molecule has 1 saturated carbocycles. The molecule has 1 N–H and O–H groups in total.